The van der Waals surface area contributed by atoms with Crippen LogP contribution in [0.1, 0.15) is 26.6 Å². The second kappa shape index (κ2) is 7.19. The fourth-order valence-electron chi connectivity index (χ4n) is 1.61. The van der Waals surface area contributed by atoms with Crippen LogP contribution in [0.3, 0.4) is 0 Å². The second-order valence-electron chi connectivity index (χ2n) is 5.64. The molecular formula is C13H25N3O3S. The van der Waals surface area contributed by atoms with Crippen LogP contribution >= 0.6 is 0 Å². The highest BCUT2D eigenvalue weighted by Gasteiger charge is 2.28. The number of ether oxygens (including phenoxy) is 1. The van der Waals surface area contributed by atoms with Crippen molar-refractivity contribution in [3.63, 3.8) is 0 Å². The Morgan fingerprint density at radius 2 is 2.10 bits per heavy atom. The van der Waals surface area contributed by atoms with E-state index in [0.29, 0.717) is 19.7 Å². The summed E-state index contributed by atoms with van der Waals surface area (Å²) < 4.78 is 30.3. The molecule has 0 aliphatic heterocycles. The molecule has 0 saturated heterocycles. The van der Waals surface area contributed by atoms with Gasteiger partial charge in [0.2, 0.25) is 0 Å². The van der Waals surface area contributed by atoms with E-state index in [1.165, 1.54) is 0 Å². The number of aryl methyl sites for hydroxylation is 1. The molecule has 0 atom stereocenters. The summed E-state index contributed by atoms with van der Waals surface area (Å²) >= 11 is 0. The van der Waals surface area contributed by atoms with Crippen LogP contribution in [0.15, 0.2) is 12.4 Å². The topological polar surface area (TPSA) is 73.2 Å². The molecule has 7 heteroatoms. The molecule has 0 amide bonds. The number of sulfone groups is 1. The highest BCUT2D eigenvalue weighted by atomic mass is 32.2. The lowest BCUT2D eigenvalue weighted by Gasteiger charge is -2.19. The maximum absolute atomic E-state index is 12.1. The van der Waals surface area contributed by atoms with Crippen molar-refractivity contribution in [2.75, 3.05) is 26.0 Å². The van der Waals surface area contributed by atoms with Crippen LogP contribution < -0.4 is 5.32 Å². The summed E-state index contributed by atoms with van der Waals surface area (Å²) in [6.45, 7) is 7.59. The van der Waals surface area contributed by atoms with E-state index in [-0.39, 0.29) is 5.75 Å². The number of rotatable bonds is 8. The van der Waals surface area contributed by atoms with Crippen LogP contribution in [0.5, 0.6) is 0 Å². The third-order valence-corrected chi connectivity index (χ3v) is 5.69. The first kappa shape index (κ1) is 17.1. The molecule has 0 fully saturated rings. The lowest BCUT2D eigenvalue weighted by Crippen LogP contribution is -2.32. The summed E-state index contributed by atoms with van der Waals surface area (Å²) in [5.74, 6) is 0.961. The van der Waals surface area contributed by atoms with Gasteiger partial charge in [0.25, 0.3) is 0 Å². The molecule has 0 aromatic carbocycles. The fraction of sp³-hybridized carbons (Fsp3) is 0.769. The summed E-state index contributed by atoms with van der Waals surface area (Å²) in [5, 5.41) is 3.20. The molecule has 1 aromatic heterocycles. The molecule has 1 N–H and O–H groups in total. The average molecular weight is 303 g/mol. The molecule has 1 heterocycles. The number of nitrogens with zero attached hydrogens (tertiary/aromatic N) is 2. The first-order chi connectivity index (χ1) is 9.28. The van der Waals surface area contributed by atoms with Gasteiger partial charge in [0, 0.05) is 32.6 Å². The molecule has 1 rings (SSSR count). The standard InChI is InChI=1S/C13H25N3O3S/c1-13(2,3)20(17,18)10-8-16-7-5-15-12(16)11-14-6-9-19-4/h5,7,14H,6,8-11H2,1-4H3. The Balaban J connectivity index is 2.55. The first-order valence-electron chi connectivity index (χ1n) is 6.70. The molecule has 0 bridgehead atoms. The Bertz CT molecular complexity index is 503. The zero-order chi connectivity index (χ0) is 15.2. The lowest BCUT2D eigenvalue weighted by molar-refractivity contribution is 0.199. The van der Waals surface area contributed by atoms with Crippen molar-refractivity contribution >= 4 is 9.84 Å². The summed E-state index contributed by atoms with van der Waals surface area (Å²) in [6.07, 6.45) is 3.50. The molecule has 0 radical (unpaired) electrons. The number of aromatic nitrogens is 2. The van der Waals surface area contributed by atoms with E-state index < -0.39 is 14.6 Å². The highest BCUT2D eigenvalue weighted by Crippen LogP contribution is 2.16. The van der Waals surface area contributed by atoms with Crippen molar-refractivity contribution in [3.05, 3.63) is 18.2 Å². The number of hydrogen-bond donors (Lipinski definition) is 1. The number of hydrogen-bond acceptors (Lipinski definition) is 5. The van der Waals surface area contributed by atoms with Gasteiger partial charge in [0.05, 0.1) is 23.7 Å². The van der Waals surface area contributed by atoms with Gasteiger partial charge in [-0.05, 0) is 20.8 Å². The molecule has 1 aromatic rings. The zero-order valence-electron chi connectivity index (χ0n) is 12.7. The maximum Gasteiger partial charge on any atom is 0.156 e. The van der Waals surface area contributed by atoms with Crippen molar-refractivity contribution in [3.8, 4) is 0 Å². The first-order valence-corrected chi connectivity index (χ1v) is 8.35. The summed E-state index contributed by atoms with van der Waals surface area (Å²) in [6, 6.07) is 0. The predicted molar refractivity (Wildman–Crippen MR) is 79.3 cm³/mol. The number of nitrogens with one attached hydrogen (secondary N) is 1. The minimum atomic E-state index is -3.11. The minimum Gasteiger partial charge on any atom is -0.383 e. The van der Waals surface area contributed by atoms with Gasteiger partial charge in [-0.1, -0.05) is 0 Å². The van der Waals surface area contributed by atoms with Crippen LogP contribution in [0.25, 0.3) is 0 Å². The molecule has 0 saturated carbocycles. The molecule has 0 aliphatic rings. The SMILES string of the molecule is COCCNCc1nccn1CCS(=O)(=O)C(C)(C)C. The van der Waals surface area contributed by atoms with E-state index >= 15 is 0 Å². The van der Waals surface area contributed by atoms with Gasteiger partial charge in [-0.2, -0.15) is 0 Å². The van der Waals surface area contributed by atoms with Crippen molar-refractivity contribution in [1.82, 2.24) is 14.9 Å². The quantitative estimate of drug-likeness (QED) is 0.720. The van der Waals surface area contributed by atoms with Gasteiger partial charge in [-0.25, -0.2) is 13.4 Å². The summed E-state index contributed by atoms with van der Waals surface area (Å²) in [5.41, 5.74) is 0. The zero-order valence-corrected chi connectivity index (χ0v) is 13.5. The van der Waals surface area contributed by atoms with Crippen LogP contribution in [0.2, 0.25) is 0 Å². The van der Waals surface area contributed by atoms with Crippen molar-refractivity contribution in [2.24, 2.45) is 0 Å². The maximum atomic E-state index is 12.1. The Morgan fingerprint density at radius 1 is 1.40 bits per heavy atom. The summed E-state index contributed by atoms with van der Waals surface area (Å²) in [4.78, 5) is 4.24. The molecule has 6 nitrogen and oxygen atoms in total. The smallest absolute Gasteiger partial charge is 0.156 e. The van der Waals surface area contributed by atoms with Crippen molar-refractivity contribution < 1.29 is 13.2 Å². The van der Waals surface area contributed by atoms with Gasteiger partial charge >= 0.3 is 0 Å². The fourth-order valence-corrected chi connectivity index (χ4v) is 2.66. The molecular weight excluding hydrogens is 278 g/mol. The van der Waals surface area contributed by atoms with Crippen LogP contribution in [-0.2, 0) is 27.7 Å². The van der Waals surface area contributed by atoms with Gasteiger partial charge in [-0.15, -0.1) is 0 Å². The molecule has 116 valence electrons. The van der Waals surface area contributed by atoms with Gasteiger partial charge in [0.15, 0.2) is 9.84 Å². The van der Waals surface area contributed by atoms with Gasteiger partial charge in [0.1, 0.15) is 5.82 Å². The van der Waals surface area contributed by atoms with Crippen LogP contribution in [0, 0.1) is 0 Å². The van der Waals surface area contributed by atoms with E-state index in [9.17, 15) is 8.42 Å². The average Bonchev–Trinajstić information content (AvgIpc) is 2.78. The van der Waals surface area contributed by atoms with E-state index in [1.54, 1.807) is 34.1 Å². The van der Waals surface area contributed by atoms with E-state index in [2.05, 4.69) is 10.3 Å². The molecule has 0 aliphatic carbocycles. The molecule has 20 heavy (non-hydrogen) atoms. The normalized spacial score (nSPS) is 12.8. The number of imidazole rings is 1. The monoisotopic (exact) mass is 303 g/mol. The highest BCUT2D eigenvalue weighted by molar-refractivity contribution is 7.92. The van der Waals surface area contributed by atoms with Gasteiger partial charge < -0.3 is 14.6 Å². The van der Waals surface area contributed by atoms with E-state index in [1.807, 2.05) is 10.8 Å². The Hall–Kier alpha value is -0.920. The molecule has 0 spiro atoms. The van der Waals surface area contributed by atoms with Gasteiger partial charge in [-0.3, -0.25) is 0 Å². The summed E-state index contributed by atoms with van der Waals surface area (Å²) in [7, 11) is -1.46. The number of methoxy groups -OCH3 is 1. The Labute approximate surface area is 121 Å². The minimum absolute atomic E-state index is 0.123. The third-order valence-electron chi connectivity index (χ3n) is 3.10. The Kier molecular flexibility index (Phi) is 6.16. The van der Waals surface area contributed by atoms with E-state index in [0.717, 1.165) is 12.4 Å². The van der Waals surface area contributed by atoms with Crippen molar-refractivity contribution in [2.45, 2.75) is 38.6 Å². The third kappa shape index (κ3) is 4.88. The van der Waals surface area contributed by atoms with Crippen molar-refractivity contribution in [1.29, 1.82) is 0 Å². The predicted octanol–water partition coefficient (Wildman–Crippen LogP) is 0.832. The lowest BCUT2D eigenvalue weighted by atomic mass is 10.3. The largest absolute Gasteiger partial charge is 0.383 e. The van der Waals surface area contributed by atoms with Crippen LogP contribution in [-0.4, -0.2) is 48.7 Å². The Morgan fingerprint density at radius 3 is 2.70 bits per heavy atom. The van der Waals surface area contributed by atoms with Crippen LogP contribution in [0.4, 0.5) is 0 Å². The second-order valence-corrected chi connectivity index (χ2v) is 8.50. The van der Waals surface area contributed by atoms with E-state index in [4.69, 9.17) is 4.74 Å². The molecule has 0 unspecified atom stereocenters.